The van der Waals surface area contributed by atoms with E-state index < -0.39 is 0 Å². The molecule has 0 saturated heterocycles. The van der Waals surface area contributed by atoms with E-state index in [0.29, 0.717) is 17.2 Å². The molecule has 2 aromatic carbocycles. The van der Waals surface area contributed by atoms with Gasteiger partial charge in [0.25, 0.3) is 0 Å². The van der Waals surface area contributed by atoms with Crippen LogP contribution < -0.4 is 4.74 Å². The Morgan fingerprint density at radius 3 is 2.47 bits per heavy atom. The van der Waals surface area contributed by atoms with Gasteiger partial charge in [-0.25, -0.2) is 0 Å². The molecule has 0 amide bonds. The molecule has 19 heavy (non-hydrogen) atoms. The van der Waals surface area contributed by atoms with E-state index in [-0.39, 0.29) is 5.78 Å². The fraction of sp³-hybridized carbons (Fsp3) is 0.133. The Morgan fingerprint density at radius 1 is 1.21 bits per heavy atom. The van der Waals surface area contributed by atoms with E-state index in [1.807, 2.05) is 36.4 Å². The second-order valence-electron chi connectivity index (χ2n) is 4.12. The van der Waals surface area contributed by atoms with Crippen molar-refractivity contribution in [1.29, 1.82) is 0 Å². The maximum absolute atomic E-state index is 11.3. The lowest BCUT2D eigenvalue weighted by Crippen LogP contribution is -1.99. The number of carbonyl (C=O) groups is 1. The zero-order chi connectivity index (χ0) is 13.8. The van der Waals surface area contributed by atoms with Crippen LogP contribution in [0.2, 0.25) is 5.02 Å². The zero-order valence-corrected chi connectivity index (χ0v) is 13.2. The summed E-state index contributed by atoms with van der Waals surface area (Å²) in [4.78, 5) is 11.3. The Morgan fingerprint density at radius 2 is 1.89 bits per heavy atom. The van der Waals surface area contributed by atoms with Gasteiger partial charge in [-0.15, -0.1) is 0 Å². The lowest BCUT2D eigenvalue weighted by Gasteiger charge is -2.09. The van der Waals surface area contributed by atoms with Gasteiger partial charge in [-0.1, -0.05) is 23.7 Å². The summed E-state index contributed by atoms with van der Waals surface area (Å²) in [5, 5.41) is 0.712. The fourth-order valence-electron chi connectivity index (χ4n) is 1.58. The van der Waals surface area contributed by atoms with Crippen molar-refractivity contribution < 1.29 is 9.53 Å². The average molecular weight is 387 g/mol. The predicted molar refractivity (Wildman–Crippen MR) is 84.9 cm³/mol. The Labute approximate surface area is 130 Å². The third-order valence-electron chi connectivity index (χ3n) is 2.65. The van der Waals surface area contributed by atoms with E-state index in [2.05, 4.69) is 22.6 Å². The van der Waals surface area contributed by atoms with Crippen LogP contribution in [0.4, 0.5) is 0 Å². The molecule has 0 aromatic heterocycles. The van der Waals surface area contributed by atoms with E-state index >= 15 is 0 Å². The summed E-state index contributed by atoms with van der Waals surface area (Å²) in [5.41, 5.74) is 1.75. The van der Waals surface area contributed by atoms with Gasteiger partial charge >= 0.3 is 0 Å². The molecule has 4 heteroatoms. The van der Waals surface area contributed by atoms with E-state index in [1.165, 1.54) is 0 Å². The lowest BCUT2D eigenvalue weighted by molar-refractivity contribution is 0.101. The van der Waals surface area contributed by atoms with E-state index in [9.17, 15) is 4.79 Å². The minimum Gasteiger partial charge on any atom is -0.488 e. The number of ketones is 1. The van der Waals surface area contributed by atoms with Gasteiger partial charge in [-0.3, -0.25) is 4.79 Å². The normalized spacial score (nSPS) is 10.3. The highest BCUT2D eigenvalue weighted by Crippen LogP contribution is 2.23. The standard InChI is InChI=1S/C15H12ClIO2/c1-10(18)12-4-7-15(14(17)8-12)19-9-11-2-5-13(16)6-3-11/h2-8H,9H2,1H3. The molecule has 2 aromatic rings. The molecule has 2 rings (SSSR count). The summed E-state index contributed by atoms with van der Waals surface area (Å²) in [5.74, 6) is 0.836. The largest absolute Gasteiger partial charge is 0.488 e. The first-order valence-corrected chi connectivity index (χ1v) is 7.19. The molecule has 0 radical (unpaired) electrons. The van der Waals surface area contributed by atoms with E-state index in [1.54, 1.807) is 13.0 Å². The number of hydrogen-bond acceptors (Lipinski definition) is 2. The van der Waals surface area contributed by atoms with Crippen LogP contribution in [-0.2, 0) is 6.61 Å². The smallest absolute Gasteiger partial charge is 0.159 e. The van der Waals surface area contributed by atoms with Crippen molar-refractivity contribution in [1.82, 2.24) is 0 Å². The summed E-state index contributed by atoms with van der Waals surface area (Å²) >= 11 is 8.00. The van der Waals surface area contributed by atoms with Crippen LogP contribution in [0.1, 0.15) is 22.8 Å². The summed E-state index contributed by atoms with van der Waals surface area (Å²) in [6.07, 6.45) is 0. The third-order valence-corrected chi connectivity index (χ3v) is 3.74. The highest BCUT2D eigenvalue weighted by atomic mass is 127. The number of Topliss-reactive ketones (excluding diaryl/α,β-unsaturated/α-hetero) is 1. The molecule has 0 heterocycles. The van der Waals surface area contributed by atoms with Crippen LogP contribution >= 0.6 is 34.2 Å². The number of ether oxygens (including phenoxy) is 1. The monoisotopic (exact) mass is 386 g/mol. The van der Waals surface area contributed by atoms with Gasteiger partial charge in [0.15, 0.2) is 5.78 Å². The number of halogens is 2. The molecular weight excluding hydrogens is 375 g/mol. The summed E-state index contributed by atoms with van der Waals surface area (Å²) < 4.78 is 6.67. The molecule has 0 saturated carbocycles. The van der Waals surface area contributed by atoms with E-state index in [4.69, 9.17) is 16.3 Å². The Bertz CT molecular complexity index is 594. The van der Waals surface area contributed by atoms with Crippen molar-refractivity contribution in [2.75, 3.05) is 0 Å². The number of rotatable bonds is 4. The molecule has 2 nitrogen and oxygen atoms in total. The van der Waals surface area contributed by atoms with Gasteiger partial charge in [0.2, 0.25) is 0 Å². The molecule has 0 N–H and O–H groups in total. The molecule has 0 aliphatic rings. The lowest BCUT2D eigenvalue weighted by atomic mass is 10.1. The first-order valence-electron chi connectivity index (χ1n) is 5.74. The van der Waals surface area contributed by atoms with Gasteiger partial charge < -0.3 is 4.74 Å². The van der Waals surface area contributed by atoms with Crippen LogP contribution in [0.15, 0.2) is 42.5 Å². The van der Waals surface area contributed by atoms with Gasteiger partial charge in [-0.2, -0.15) is 0 Å². The van der Waals surface area contributed by atoms with Crippen molar-refractivity contribution >= 4 is 40.0 Å². The highest BCUT2D eigenvalue weighted by molar-refractivity contribution is 14.1. The van der Waals surface area contributed by atoms with Crippen molar-refractivity contribution in [3.8, 4) is 5.75 Å². The summed E-state index contributed by atoms with van der Waals surface area (Å²) in [6.45, 7) is 2.03. The minimum atomic E-state index is 0.0576. The zero-order valence-electron chi connectivity index (χ0n) is 10.3. The summed E-state index contributed by atoms with van der Waals surface area (Å²) in [6, 6.07) is 13.0. The van der Waals surface area contributed by atoms with Crippen molar-refractivity contribution in [2.24, 2.45) is 0 Å². The first-order chi connectivity index (χ1) is 9.06. The molecule has 98 valence electrons. The average Bonchev–Trinajstić information content (AvgIpc) is 2.39. The van der Waals surface area contributed by atoms with Crippen molar-refractivity contribution in [3.05, 3.63) is 62.2 Å². The Kier molecular flexibility index (Phi) is 4.82. The highest BCUT2D eigenvalue weighted by Gasteiger charge is 2.05. The van der Waals surface area contributed by atoms with Crippen LogP contribution in [0.25, 0.3) is 0 Å². The molecule has 0 bridgehead atoms. The molecule has 0 unspecified atom stereocenters. The Balaban J connectivity index is 2.07. The third kappa shape index (κ3) is 3.94. The molecule has 0 aliphatic heterocycles. The fourth-order valence-corrected chi connectivity index (χ4v) is 2.38. The number of benzene rings is 2. The Hall–Kier alpha value is -1.07. The van der Waals surface area contributed by atoms with Crippen LogP contribution in [0, 0.1) is 3.57 Å². The molecule has 0 aliphatic carbocycles. The van der Waals surface area contributed by atoms with Gasteiger partial charge in [-0.05, 0) is 65.4 Å². The number of carbonyl (C=O) groups excluding carboxylic acids is 1. The topological polar surface area (TPSA) is 26.3 Å². The quantitative estimate of drug-likeness (QED) is 0.561. The number of hydrogen-bond donors (Lipinski definition) is 0. The van der Waals surface area contributed by atoms with E-state index in [0.717, 1.165) is 14.9 Å². The van der Waals surface area contributed by atoms with Gasteiger partial charge in [0.1, 0.15) is 12.4 Å². The van der Waals surface area contributed by atoms with Gasteiger partial charge in [0.05, 0.1) is 3.57 Å². The van der Waals surface area contributed by atoms with Crippen LogP contribution in [-0.4, -0.2) is 5.78 Å². The summed E-state index contributed by atoms with van der Waals surface area (Å²) in [7, 11) is 0. The van der Waals surface area contributed by atoms with Crippen LogP contribution in [0.3, 0.4) is 0 Å². The first kappa shape index (κ1) is 14.3. The molecule has 0 atom stereocenters. The molecular formula is C15H12ClIO2. The predicted octanol–water partition coefficient (Wildman–Crippen LogP) is 4.73. The van der Waals surface area contributed by atoms with Crippen LogP contribution in [0.5, 0.6) is 5.75 Å². The van der Waals surface area contributed by atoms with Crippen molar-refractivity contribution in [2.45, 2.75) is 13.5 Å². The van der Waals surface area contributed by atoms with Crippen molar-refractivity contribution in [3.63, 3.8) is 0 Å². The molecule has 0 fully saturated rings. The SMILES string of the molecule is CC(=O)c1ccc(OCc2ccc(Cl)cc2)c(I)c1. The molecule has 0 spiro atoms. The minimum absolute atomic E-state index is 0.0576. The second-order valence-corrected chi connectivity index (χ2v) is 5.72. The second kappa shape index (κ2) is 6.39. The maximum Gasteiger partial charge on any atom is 0.159 e. The van der Waals surface area contributed by atoms with Gasteiger partial charge in [0, 0.05) is 10.6 Å². The maximum atomic E-state index is 11.3.